The van der Waals surface area contributed by atoms with Gasteiger partial charge in [-0.05, 0) is 12.1 Å². The fourth-order valence-electron chi connectivity index (χ4n) is 1.00. The highest BCUT2D eigenvalue weighted by molar-refractivity contribution is 9.09. The van der Waals surface area contributed by atoms with E-state index in [0.717, 1.165) is 0 Å². The zero-order valence-corrected chi connectivity index (χ0v) is 8.64. The molecule has 0 bridgehead atoms. The van der Waals surface area contributed by atoms with Crippen molar-refractivity contribution < 1.29 is 9.18 Å². The summed E-state index contributed by atoms with van der Waals surface area (Å²) < 4.78 is 13.4. The van der Waals surface area contributed by atoms with E-state index in [2.05, 4.69) is 15.9 Å². The summed E-state index contributed by atoms with van der Waals surface area (Å²) in [4.78, 5) is 11.2. The first kappa shape index (κ1) is 10.7. The molecule has 0 amide bonds. The van der Waals surface area contributed by atoms with Crippen LogP contribution in [0, 0.1) is 17.1 Å². The predicted molar refractivity (Wildman–Crippen MR) is 53.7 cm³/mol. The third-order valence-electron chi connectivity index (χ3n) is 1.64. The number of nitrogen functional groups attached to an aromatic ring is 1. The van der Waals surface area contributed by atoms with E-state index in [0.29, 0.717) is 0 Å². The molecule has 0 aliphatic carbocycles. The molecule has 0 spiro atoms. The van der Waals surface area contributed by atoms with Crippen molar-refractivity contribution in [2.24, 2.45) is 0 Å². The number of hydrogen-bond donors (Lipinski definition) is 1. The molecule has 0 aliphatic rings. The van der Waals surface area contributed by atoms with Gasteiger partial charge in [0, 0.05) is 5.69 Å². The molecule has 5 heteroatoms. The van der Waals surface area contributed by atoms with Crippen LogP contribution in [0.4, 0.5) is 10.1 Å². The fourth-order valence-corrected chi connectivity index (χ4v) is 1.31. The number of hydrogen-bond acceptors (Lipinski definition) is 3. The summed E-state index contributed by atoms with van der Waals surface area (Å²) in [5.41, 5.74) is 5.24. The summed E-state index contributed by atoms with van der Waals surface area (Å²) in [5.74, 6) is -1.25. The summed E-state index contributed by atoms with van der Waals surface area (Å²) in [5, 5.41) is 8.55. The van der Waals surface area contributed by atoms with Gasteiger partial charge in [0.15, 0.2) is 11.6 Å². The quantitative estimate of drug-likeness (QED) is 0.499. The van der Waals surface area contributed by atoms with E-state index in [1.165, 1.54) is 12.1 Å². The molecule has 1 aromatic rings. The number of nitrogens with zero attached hydrogens (tertiary/aromatic N) is 1. The second kappa shape index (κ2) is 4.20. The number of rotatable bonds is 2. The van der Waals surface area contributed by atoms with Gasteiger partial charge in [0.2, 0.25) is 0 Å². The van der Waals surface area contributed by atoms with E-state index in [1.807, 2.05) is 0 Å². The molecule has 0 saturated heterocycles. The van der Waals surface area contributed by atoms with Gasteiger partial charge in [-0.2, -0.15) is 5.26 Å². The Hall–Kier alpha value is -1.41. The first-order valence-electron chi connectivity index (χ1n) is 3.68. The molecule has 1 aromatic carbocycles. The second-order valence-corrected chi connectivity index (χ2v) is 3.16. The monoisotopic (exact) mass is 256 g/mol. The van der Waals surface area contributed by atoms with Gasteiger partial charge in [-0.15, -0.1) is 0 Å². The highest BCUT2D eigenvalue weighted by atomic mass is 79.9. The Labute approximate surface area is 88.5 Å². The maximum atomic E-state index is 13.4. The van der Waals surface area contributed by atoms with Gasteiger partial charge in [0.25, 0.3) is 0 Å². The minimum Gasteiger partial charge on any atom is -0.399 e. The summed E-state index contributed by atoms with van der Waals surface area (Å²) in [6.45, 7) is 0. The maximum absolute atomic E-state index is 13.4. The van der Waals surface area contributed by atoms with Crippen LogP contribution in [0.1, 0.15) is 15.9 Å². The van der Waals surface area contributed by atoms with Crippen LogP contribution in [0.15, 0.2) is 12.1 Å². The highest BCUT2D eigenvalue weighted by Gasteiger charge is 2.15. The zero-order chi connectivity index (χ0) is 10.7. The van der Waals surface area contributed by atoms with Crippen LogP contribution in [-0.4, -0.2) is 11.1 Å². The number of alkyl halides is 1. The first-order chi connectivity index (χ1) is 6.60. The van der Waals surface area contributed by atoms with Gasteiger partial charge >= 0.3 is 0 Å². The van der Waals surface area contributed by atoms with Crippen molar-refractivity contribution in [1.82, 2.24) is 0 Å². The molecule has 0 aromatic heterocycles. The van der Waals surface area contributed by atoms with Gasteiger partial charge in [0.05, 0.1) is 16.5 Å². The van der Waals surface area contributed by atoms with E-state index in [4.69, 9.17) is 11.0 Å². The Bertz CT molecular complexity index is 426. The second-order valence-electron chi connectivity index (χ2n) is 2.60. The number of carbonyl (C=O) groups is 1. The normalized spacial score (nSPS) is 9.50. The van der Waals surface area contributed by atoms with Crippen molar-refractivity contribution in [1.29, 1.82) is 5.26 Å². The number of Topliss-reactive ketones (excluding diaryl/α,β-unsaturated/α-hetero) is 1. The van der Waals surface area contributed by atoms with Gasteiger partial charge in [-0.3, -0.25) is 4.79 Å². The lowest BCUT2D eigenvalue weighted by atomic mass is 10.1. The van der Waals surface area contributed by atoms with Gasteiger partial charge in [0.1, 0.15) is 6.07 Å². The smallest absolute Gasteiger partial charge is 0.176 e. The molecule has 72 valence electrons. The maximum Gasteiger partial charge on any atom is 0.176 e. The molecule has 0 radical (unpaired) electrons. The average Bonchev–Trinajstić information content (AvgIpc) is 2.19. The molecule has 0 aliphatic heterocycles. The zero-order valence-electron chi connectivity index (χ0n) is 7.05. The van der Waals surface area contributed by atoms with Crippen LogP contribution in [0.3, 0.4) is 0 Å². The van der Waals surface area contributed by atoms with Crippen LogP contribution in [0.25, 0.3) is 0 Å². The molecule has 3 nitrogen and oxygen atoms in total. The Morgan fingerprint density at radius 1 is 1.64 bits per heavy atom. The van der Waals surface area contributed by atoms with E-state index >= 15 is 0 Å². The van der Waals surface area contributed by atoms with E-state index in [9.17, 15) is 9.18 Å². The lowest BCUT2D eigenvalue weighted by Gasteiger charge is -2.03. The fraction of sp³-hybridized carbons (Fsp3) is 0.111. The number of anilines is 1. The van der Waals surface area contributed by atoms with Crippen molar-refractivity contribution >= 4 is 27.4 Å². The topological polar surface area (TPSA) is 66.9 Å². The number of ketones is 1. The van der Waals surface area contributed by atoms with E-state index in [1.54, 1.807) is 6.07 Å². The summed E-state index contributed by atoms with van der Waals surface area (Å²) in [6, 6.07) is 4.05. The molecular formula is C9H6BrFN2O. The molecular weight excluding hydrogens is 251 g/mol. The van der Waals surface area contributed by atoms with Crippen molar-refractivity contribution in [3.63, 3.8) is 0 Å². The molecule has 2 N–H and O–H groups in total. The molecule has 0 unspecified atom stereocenters. The summed E-state index contributed by atoms with van der Waals surface area (Å²) >= 11 is 2.92. The summed E-state index contributed by atoms with van der Waals surface area (Å²) in [7, 11) is 0. The van der Waals surface area contributed by atoms with Crippen LogP contribution in [-0.2, 0) is 0 Å². The van der Waals surface area contributed by atoms with Crippen LogP contribution in [0.5, 0.6) is 0 Å². The molecule has 14 heavy (non-hydrogen) atoms. The van der Waals surface area contributed by atoms with Crippen LogP contribution < -0.4 is 5.73 Å². The standard InChI is InChI=1S/C9H6BrFN2O/c10-3-8(14)7-2-6(13)1-5(4-12)9(7)11/h1-2H,3,13H2. The molecule has 0 saturated carbocycles. The van der Waals surface area contributed by atoms with Gasteiger partial charge < -0.3 is 5.73 Å². The number of nitriles is 1. The minimum atomic E-state index is -0.814. The van der Waals surface area contributed by atoms with Gasteiger partial charge in [-0.1, -0.05) is 15.9 Å². The van der Waals surface area contributed by atoms with Gasteiger partial charge in [-0.25, -0.2) is 4.39 Å². The van der Waals surface area contributed by atoms with Crippen LogP contribution >= 0.6 is 15.9 Å². The van der Waals surface area contributed by atoms with E-state index < -0.39 is 11.6 Å². The molecule has 1 rings (SSSR count). The molecule has 0 fully saturated rings. The third kappa shape index (κ3) is 1.91. The largest absolute Gasteiger partial charge is 0.399 e. The van der Waals surface area contributed by atoms with Crippen molar-refractivity contribution in [3.05, 3.63) is 29.1 Å². The van der Waals surface area contributed by atoms with Crippen LogP contribution in [0.2, 0.25) is 0 Å². The van der Waals surface area contributed by atoms with Crippen molar-refractivity contribution in [2.45, 2.75) is 0 Å². The number of benzene rings is 1. The number of nitrogens with two attached hydrogens (primary N) is 1. The Morgan fingerprint density at radius 2 is 2.29 bits per heavy atom. The molecule has 0 atom stereocenters. The highest BCUT2D eigenvalue weighted by Crippen LogP contribution is 2.18. The Morgan fingerprint density at radius 3 is 2.79 bits per heavy atom. The average molecular weight is 257 g/mol. The van der Waals surface area contributed by atoms with Crippen molar-refractivity contribution in [2.75, 3.05) is 11.1 Å². The number of carbonyl (C=O) groups excluding carboxylic acids is 1. The number of halogens is 2. The SMILES string of the molecule is N#Cc1cc(N)cc(C(=O)CBr)c1F. The third-order valence-corrected chi connectivity index (χ3v) is 2.15. The Kier molecular flexibility index (Phi) is 3.20. The Balaban J connectivity index is 3.38. The van der Waals surface area contributed by atoms with E-state index in [-0.39, 0.29) is 22.1 Å². The molecule has 0 heterocycles. The summed E-state index contributed by atoms with van der Waals surface area (Å²) in [6.07, 6.45) is 0. The minimum absolute atomic E-state index is 0.00174. The lowest BCUT2D eigenvalue weighted by Crippen LogP contribution is -2.06. The first-order valence-corrected chi connectivity index (χ1v) is 4.80. The van der Waals surface area contributed by atoms with Crippen molar-refractivity contribution in [3.8, 4) is 6.07 Å². The lowest BCUT2D eigenvalue weighted by molar-refractivity contribution is 0.102. The predicted octanol–water partition coefficient (Wildman–Crippen LogP) is 1.86.